The van der Waals surface area contributed by atoms with Crippen LogP contribution in [0.4, 0.5) is 4.39 Å². The fraction of sp³-hybridized carbons (Fsp3) is 0.280. The van der Waals surface area contributed by atoms with Gasteiger partial charge >= 0.3 is 5.97 Å². The molecule has 10 heteroatoms. The molecule has 0 radical (unpaired) electrons. The largest absolute Gasteiger partial charge is 0.502 e. The van der Waals surface area contributed by atoms with E-state index in [2.05, 4.69) is 0 Å². The smallest absolute Gasteiger partial charge is 0.306 e. The summed E-state index contributed by atoms with van der Waals surface area (Å²) in [5, 5.41) is 10.6. The van der Waals surface area contributed by atoms with Crippen molar-refractivity contribution in [2.75, 3.05) is 28.4 Å². The van der Waals surface area contributed by atoms with Crippen LogP contribution in [0.2, 0.25) is 0 Å². The van der Waals surface area contributed by atoms with Crippen LogP contribution >= 0.6 is 11.8 Å². The minimum atomic E-state index is -0.903. The molecular weight excluding hydrogens is 479 g/mol. The van der Waals surface area contributed by atoms with Gasteiger partial charge in [-0.2, -0.15) is 0 Å². The Balaban J connectivity index is 2.08. The van der Waals surface area contributed by atoms with Gasteiger partial charge in [0, 0.05) is 11.0 Å². The van der Waals surface area contributed by atoms with Crippen molar-refractivity contribution < 1.29 is 37.7 Å². The molecular formula is C25H25FO8S. The molecule has 186 valence electrons. The Kier molecular flexibility index (Phi) is 8.64. The topological polar surface area (TPSA) is 104 Å². The maximum atomic E-state index is 13.2. The summed E-state index contributed by atoms with van der Waals surface area (Å²) in [7, 11) is 5.59. The minimum Gasteiger partial charge on any atom is -0.502 e. The van der Waals surface area contributed by atoms with E-state index in [1.165, 1.54) is 58.4 Å². The molecule has 3 aromatic rings. The lowest BCUT2D eigenvalue weighted by Crippen LogP contribution is -2.14. The molecule has 1 atom stereocenters. The van der Waals surface area contributed by atoms with Gasteiger partial charge in [0.05, 0.1) is 46.5 Å². The van der Waals surface area contributed by atoms with Crippen molar-refractivity contribution in [3.8, 4) is 23.0 Å². The van der Waals surface area contributed by atoms with Crippen molar-refractivity contribution in [2.24, 2.45) is 0 Å². The van der Waals surface area contributed by atoms with Crippen LogP contribution in [0.1, 0.15) is 29.4 Å². The molecule has 1 heterocycles. The Morgan fingerprint density at radius 2 is 1.66 bits per heavy atom. The number of thioether (sulfide) groups is 1. The number of methoxy groups -OCH3 is 4. The zero-order valence-electron chi connectivity index (χ0n) is 19.6. The van der Waals surface area contributed by atoms with E-state index in [9.17, 15) is 19.1 Å². The highest BCUT2D eigenvalue weighted by Crippen LogP contribution is 2.43. The van der Waals surface area contributed by atoms with Crippen molar-refractivity contribution in [3.63, 3.8) is 0 Å². The number of hydrogen-bond donors (Lipinski definition) is 1. The fourth-order valence-corrected chi connectivity index (χ4v) is 4.24. The Labute approximate surface area is 205 Å². The number of carbonyl (C=O) groups excluding carboxylic acids is 1. The van der Waals surface area contributed by atoms with Crippen molar-refractivity contribution in [1.29, 1.82) is 0 Å². The number of hydrogen-bond acceptors (Lipinski definition) is 9. The lowest BCUT2D eigenvalue weighted by atomic mass is 9.91. The van der Waals surface area contributed by atoms with E-state index in [1.807, 2.05) is 0 Å². The van der Waals surface area contributed by atoms with Gasteiger partial charge in [0.1, 0.15) is 11.6 Å². The quantitative estimate of drug-likeness (QED) is 0.316. The Hall–Kier alpha value is -3.66. The average Bonchev–Trinajstić information content (AvgIpc) is 2.87. The second-order valence-electron chi connectivity index (χ2n) is 7.32. The predicted octanol–water partition coefficient (Wildman–Crippen LogP) is 4.50. The average molecular weight is 505 g/mol. The number of rotatable bonds is 10. The molecule has 0 saturated heterocycles. The van der Waals surface area contributed by atoms with Crippen molar-refractivity contribution in [2.45, 2.75) is 23.0 Å². The lowest BCUT2D eigenvalue weighted by molar-refractivity contribution is -0.140. The summed E-state index contributed by atoms with van der Waals surface area (Å²) in [6.07, 6.45) is -0.236. The van der Waals surface area contributed by atoms with Gasteiger partial charge in [-0.3, -0.25) is 9.59 Å². The Morgan fingerprint density at radius 1 is 1.03 bits per heavy atom. The third-order valence-corrected chi connectivity index (χ3v) is 6.23. The maximum Gasteiger partial charge on any atom is 0.306 e. The minimum absolute atomic E-state index is 0.105. The van der Waals surface area contributed by atoms with Gasteiger partial charge in [-0.05, 0) is 42.0 Å². The number of carbonyl (C=O) groups is 1. The first-order valence-corrected chi connectivity index (χ1v) is 11.4. The molecule has 0 fully saturated rings. The molecule has 0 bridgehead atoms. The molecule has 0 saturated carbocycles. The molecule has 8 nitrogen and oxygen atoms in total. The summed E-state index contributed by atoms with van der Waals surface area (Å²) in [5.74, 6) is -1.10. The first-order valence-electron chi connectivity index (χ1n) is 10.4. The molecule has 0 aliphatic heterocycles. The second kappa shape index (κ2) is 11.7. The van der Waals surface area contributed by atoms with E-state index < -0.39 is 23.1 Å². The third kappa shape index (κ3) is 6.07. The van der Waals surface area contributed by atoms with Crippen LogP contribution in [0.5, 0.6) is 23.0 Å². The summed E-state index contributed by atoms with van der Waals surface area (Å²) >= 11 is 1.32. The second-order valence-corrected chi connectivity index (χ2v) is 8.37. The zero-order valence-corrected chi connectivity index (χ0v) is 20.4. The third-order valence-electron chi connectivity index (χ3n) is 5.20. The molecule has 0 spiro atoms. The van der Waals surface area contributed by atoms with Gasteiger partial charge in [-0.1, -0.05) is 0 Å². The molecule has 0 aliphatic carbocycles. The number of aromatic hydroxyl groups is 1. The van der Waals surface area contributed by atoms with Crippen LogP contribution in [-0.2, 0) is 15.3 Å². The van der Waals surface area contributed by atoms with Gasteiger partial charge < -0.3 is 28.5 Å². The predicted molar refractivity (Wildman–Crippen MR) is 127 cm³/mol. The Bertz CT molecular complexity index is 1210. The van der Waals surface area contributed by atoms with Gasteiger partial charge in [-0.25, -0.2) is 4.39 Å². The number of benzene rings is 2. The SMILES string of the molecule is COC(=O)C[C@@H](c1cc(OC)c(OC)c(OC)c1)c1oc(CSc2ccc(F)cc2)cc(=O)c1O. The summed E-state index contributed by atoms with van der Waals surface area (Å²) in [6.45, 7) is 0. The standard InChI is InChI=1S/C25H25FO8S/c1-30-20-9-14(10-21(31-2)25(20)33-4)18(12-22(28)32-3)24-23(29)19(27)11-16(34-24)13-35-17-7-5-15(26)6-8-17/h5-11,18,29H,12-13H2,1-4H3/t18-/m0/s1. The van der Waals surface area contributed by atoms with E-state index in [0.717, 1.165) is 4.90 Å². The summed E-state index contributed by atoms with van der Waals surface area (Å²) in [5.41, 5.74) is -0.199. The number of halogens is 1. The van der Waals surface area contributed by atoms with Crippen LogP contribution in [0.15, 0.2) is 56.6 Å². The van der Waals surface area contributed by atoms with Crippen LogP contribution < -0.4 is 19.6 Å². The van der Waals surface area contributed by atoms with E-state index in [1.54, 1.807) is 24.3 Å². The highest BCUT2D eigenvalue weighted by molar-refractivity contribution is 7.98. The van der Waals surface area contributed by atoms with Crippen LogP contribution in [0.3, 0.4) is 0 Å². The van der Waals surface area contributed by atoms with E-state index in [0.29, 0.717) is 22.8 Å². The number of esters is 1. The summed E-state index contributed by atoms with van der Waals surface area (Å²) in [4.78, 5) is 25.6. The Morgan fingerprint density at radius 3 is 2.20 bits per heavy atom. The van der Waals surface area contributed by atoms with Gasteiger partial charge in [0.2, 0.25) is 16.9 Å². The normalized spacial score (nSPS) is 11.6. The van der Waals surface area contributed by atoms with Gasteiger partial charge in [0.25, 0.3) is 0 Å². The molecule has 0 unspecified atom stereocenters. The number of ether oxygens (including phenoxy) is 4. The molecule has 0 amide bonds. The van der Waals surface area contributed by atoms with Crippen molar-refractivity contribution in [1.82, 2.24) is 0 Å². The molecule has 1 aromatic heterocycles. The van der Waals surface area contributed by atoms with Crippen molar-refractivity contribution in [3.05, 3.63) is 75.6 Å². The highest BCUT2D eigenvalue weighted by Gasteiger charge is 2.29. The van der Waals surface area contributed by atoms with Crippen molar-refractivity contribution >= 4 is 17.7 Å². The van der Waals surface area contributed by atoms with Gasteiger partial charge in [0.15, 0.2) is 17.3 Å². The highest BCUT2D eigenvalue weighted by atomic mass is 32.2. The zero-order chi connectivity index (χ0) is 25.5. The van der Waals surface area contributed by atoms with E-state index in [4.69, 9.17) is 23.4 Å². The monoisotopic (exact) mass is 504 g/mol. The fourth-order valence-electron chi connectivity index (χ4n) is 3.46. The van der Waals surface area contributed by atoms with Crippen LogP contribution in [0, 0.1) is 5.82 Å². The molecule has 0 aliphatic rings. The maximum absolute atomic E-state index is 13.2. The van der Waals surface area contributed by atoms with Crippen LogP contribution in [-0.4, -0.2) is 39.5 Å². The molecule has 2 aromatic carbocycles. The van der Waals surface area contributed by atoms with E-state index >= 15 is 0 Å². The molecule has 1 N–H and O–H groups in total. The lowest BCUT2D eigenvalue weighted by Gasteiger charge is -2.20. The van der Waals surface area contributed by atoms with Gasteiger partial charge in [-0.15, -0.1) is 11.8 Å². The molecule has 3 rings (SSSR count). The first kappa shape index (κ1) is 26.0. The summed E-state index contributed by atoms with van der Waals surface area (Å²) in [6, 6.07) is 10.3. The molecule has 35 heavy (non-hydrogen) atoms. The summed E-state index contributed by atoms with van der Waals surface area (Å²) < 4.78 is 40.1. The first-order chi connectivity index (χ1) is 16.8. The van der Waals surface area contributed by atoms with Crippen LogP contribution in [0.25, 0.3) is 0 Å². The van der Waals surface area contributed by atoms with E-state index in [-0.39, 0.29) is 29.5 Å².